The van der Waals surface area contributed by atoms with E-state index in [2.05, 4.69) is 33.9 Å². The third-order valence-corrected chi connectivity index (χ3v) is 4.01. The summed E-state index contributed by atoms with van der Waals surface area (Å²) in [7, 11) is 0. The van der Waals surface area contributed by atoms with E-state index >= 15 is 0 Å². The van der Waals surface area contributed by atoms with E-state index in [1.807, 2.05) is 25.3 Å². The molecule has 0 aliphatic carbocycles. The average Bonchev–Trinajstić information content (AvgIpc) is 2.45. The van der Waals surface area contributed by atoms with Gasteiger partial charge in [0.25, 0.3) is 0 Å². The predicted molar refractivity (Wildman–Crippen MR) is 90.2 cm³/mol. The van der Waals surface area contributed by atoms with Gasteiger partial charge >= 0.3 is 0 Å². The van der Waals surface area contributed by atoms with Crippen molar-refractivity contribution in [2.75, 3.05) is 0 Å². The molecule has 112 valence electrons. The minimum atomic E-state index is 0.164. The second-order valence-electron chi connectivity index (χ2n) is 5.01. The van der Waals surface area contributed by atoms with E-state index in [-0.39, 0.29) is 6.04 Å². The van der Waals surface area contributed by atoms with Crippen LogP contribution in [-0.2, 0) is 6.42 Å². The van der Waals surface area contributed by atoms with Gasteiger partial charge in [0.15, 0.2) is 0 Å². The van der Waals surface area contributed by atoms with Crippen LogP contribution in [0.5, 0.6) is 11.6 Å². The van der Waals surface area contributed by atoms with Crippen molar-refractivity contribution in [3.05, 3.63) is 51.1 Å². The lowest BCUT2D eigenvalue weighted by Crippen LogP contribution is -2.21. The molecule has 0 spiro atoms. The predicted octanol–water partition coefficient (Wildman–Crippen LogP) is 4.88. The van der Waals surface area contributed by atoms with Gasteiger partial charge in [0.1, 0.15) is 5.75 Å². The van der Waals surface area contributed by atoms with Crippen LogP contribution in [0.1, 0.15) is 24.5 Å². The number of rotatable bonds is 5. The quantitative estimate of drug-likeness (QED) is 0.817. The van der Waals surface area contributed by atoms with Crippen molar-refractivity contribution in [1.29, 1.82) is 0 Å². The van der Waals surface area contributed by atoms with Gasteiger partial charge in [-0.05, 0) is 49.6 Å². The summed E-state index contributed by atoms with van der Waals surface area (Å²) in [6.45, 7) is 4.05. The number of hydrogen-bond donors (Lipinski definition) is 1. The summed E-state index contributed by atoms with van der Waals surface area (Å²) in [5, 5.41) is 0.552. The van der Waals surface area contributed by atoms with E-state index in [9.17, 15) is 0 Å². The molecule has 3 nitrogen and oxygen atoms in total. The van der Waals surface area contributed by atoms with E-state index < -0.39 is 0 Å². The Morgan fingerprint density at radius 1 is 1.38 bits per heavy atom. The SMILES string of the molecule is CCC(N)Cc1cnc(Oc2cc(Br)ccc2Cl)c(C)c1. The fourth-order valence-electron chi connectivity index (χ4n) is 1.95. The van der Waals surface area contributed by atoms with E-state index in [0.29, 0.717) is 16.7 Å². The lowest BCUT2D eigenvalue weighted by Gasteiger charge is -2.12. The van der Waals surface area contributed by atoms with E-state index in [1.54, 1.807) is 6.07 Å². The Kier molecular flexibility index (Phi) is 5.62. The highest BCUT2D eigenvalue weighted by atomic mass is 79.9. The molecule has 5 heteroatoms. The van der Waals surface area contributed by atoms with Crippen molar-refractivity contribution in [2.45, 2.75) is 32.7 Å². The summed E-state index contributed by atoms with van der Waals surface area (Å²) in [4.78, 5) is 4.38. The highest BCUT2D eigenvalue weighted by Gasteiger charge is 2.09. The molecular weight excluding hydrogens is 352 g/mol. The van der Waals surface area contributed by atoms with Gasteiger partial charge < -0.3 is 10.5 Å². The summed E-state index contributed by atoms with van der Waals surface area (Å²) in [6.07, 6.45) is 3.58. The van der Waals surface area contributed by atoms with E-state index in [4.69, 9.17) is 22.1 Å². The molecule has 1 atom stereocenters. The Labute approximate surface area is 138 Å². The monoisotopic (exact) mass is 368 g/mol. The van der Waals surface area contributed by atoms with Crippen molar-refractivity contribution in [3.8, 4) is 11.6 Å². The number of nitrogens with two attached hydrogens (primary N) is 1. The Balaban J connectivity index is 2.19. The third-order valence-electron chi connectivity index (χ3n) is 3.21. The molecule has 21 heavy (non-hydrogen) atoms. The van der Waals surface area contributed by atoms with Crippen LogP contribution in [0, 0.1) is 6.92 Å². The van der Waals surface area contributed by atoms with Gasteiger partial charge in [0, 0.05) is 22.3 Å². The van der Waals surface area contributed by atoms with Gasteiger partial charge in [-0.25, -0.2) is 4.98 Å². The van der Waals surface area contributed by atoms with E-state index in [0.717, 1.165) is 28.4 Å². The summed E-state index contributed by atoms with van der Waals surface area (Å²) < 4.78 is 6.71. The summed E-state index contributed by atoms with van der Waals surface area (Å²) in [5.74, 6) is 1.14. The lowest BCUT2D eigenvalue weighted by molar-refractivity contribution is 0.458. The topological polar surface area (TPSA) is 48.1 Å². The summed E-state index contributed by atoms with van der Waals surface area (Å²) >= 11 is 9.53. The number of nitrogens with zero attached hydrogens (tertiary/aromatic N) is 1. The Bertz CT molecular complexity index is 634. The fraction of sp³-hybridized carbons (Fsp3) is 0.312. The first kappa shape index (κ1) is 16.3. The third kappa shape index (κ3) is 4.43. The lowest BCUT2D eigenvalue weighted by atomic mass is 10.1. The number of halogens is 2. The molecule has 1 aromatic carbocycles. The maximum Gasteiger partial charge on any atom is 0.222 e. The Morgan fingerprint density at radius 3 is 2.81 bits per heavy atom. The second kappa shape index (κ2) is 7.25. The minimum absolute atomic E-state index is 0.164. The number of hydrogen-bond acceptors (Lipinski definition) is 3. The van der Waals surface area contributed by atoms with Crippen molar-refractivity contribution in [3.63, 3.8) is 0 Å². The van der Waals surface area contributed by atoms with Gasteiger partial charge in [-0.3, -0.25) is 0 Å². The van der Waals surface area contributed by atoms with E-state index in [1.165, 1.54) is 0 Å². The number of ether oxygens (including phenoxy) is 1. The maximum absolute atomic E-state index is 6.13. The molecule has 0 saturated heterocycles. The van der Waals surface area contributed by atoms with Crippen LogP contribution in [0.4, 0.5) is 0 Å². The molecule has 0 bridgehead atoms. The van der Waals surface area contributed by atoms with Crippen molar-refractivity contribution in [2.24, 2.45) is 5.73 Å². The zero-order valence-corrected chi connectivity index (χ0v) is 14.4. The van der Waals surface area contributed by atoms with Crippen molar-refractivity contribution < 1.29 is 4.74 Å². The van der Waals surface area contributed by atoms with Crippen LogP contribution >= 0.6 is 27.5 Å². The van der Waals surface area contributed by atoms with Crippen LogP contribution in [-0.4, -0.2) is 11.0 Å². The molecule has 1 aromatic heterocycles. The van der Waals surface area contributed by atoms with Crippen LogP contribution in [0.25, 0.3) is 0 Å². The molecule has 2 rings (SSSR count). The van der Waals surface area contributed by atoms with Gasteiger partial charge in [-0.1, -0.05) is 34.5 Å². The van der Waals surface area contributed by atoms with Gasteiger partial charge in [0.2, 0.25) is 5.88 Å². The molecule has 1 unspecified atom stereocenters. The molecule has 0 saturated carbocycles. The number of pyridine rings is 1. The molecule has 2 aromatic rings. The molecule has 0 aliphatic heterocycles. The highest BCUT2D eigenvalue weighted by Crippen LogP contribution is 2.32. The largest absolute Gasteiger partial charge is 0.437 e. The van der Waals surface area contributed by atoms with Gasteiger partial charge in [-0.2, -0.15) is 0 Å². The summed E-state index contributed by atoms with van der Waals surface area (Å²) in [5.41, 5.74) is 8.06. The van der Waals surface area contributed by atoms with Crippen LogP contribution in [0.2, 0.25) is 5.02 Å². The zero-order chi connectivity index (χ0) is 15.4. The standard InChI is InChI=1S/C16H18BrClN2O/c1-3-13(19)7-11-6-10(2)16(20-9-11)21-15-8-12(17)4-5-14(15)18/h4-6,8-9,13H,3,7,19H2,1-2H3. The van der Waals surface area contributed by atoms with Gasteiger partial charge in [-0.15, -0.1) is 0 Å². The Hall–Kier alpha value is -1.10. The number of benzene rings is 1. The first-order chi connectivity index (χ1) is 9.99. The molecule has 2 N–H and O–H groups in total. The van der Waals surface area contributed by atoms with Gasteiger partial charge in [0.05, 0.1) is 5.02 Å². The molecule has 0 fully saturated rings. The molecule has 1 heterocycles. The highest BCUT2D eigenvalue weighted by molar-refractivity contribution is 9.10. The zero-order valence-electron chi connectivity index (χ0n) is 12.1. The normalized spacial score (nSPS) is 12.2. The maximum atomic E-state index is 6.13. The van der Waals surface area contributed by atoms with Crippen LogP contribution in [0.15, 0.2) is 34.9 Å². The molecule has 0 radical (unpaired) electrons. The Morgan fingerprint density at radius 2 is 2.14 bits per heavy atom. The first-order valence-corrected chi connectivity index (χ1v) is 8.00. The molecule has 0 aliphatic rings. The minimum Gasteiger partial charge on any atom is -0.437 e. The van der Waals surface area contributed by atoms with Crippen molar-refractivity contribution >= 4 is 27.5 Å². The summed E-state index contributed by atoms with van der Waals surface area (Å²) in [6, 6.07) is 7.70. The fourth-order valence-corrected chi connectivity index (χ4v) is 2.44. The van der Waals surface area contributed by atoms with Crippen LogP contribution in [0.3, 0.4) is 0 Å². The smallest absolute Gasteiger partial charge is 0.222 e. The van der Waals surface area contributed by atoms with Crippen molar-refractivity contribution in [1.82, 2.24) is 4.98 Å². The molecular formula is C16H18BrClN2O. The number of aryl methyl sites for hydroxylation is 1. The second-order valence-corrected chi connectivity index (χ2v) is 6.34. The number of aromatic nitrogens is 1. The molecule has 0 amide bonds. The van der Waals surface area contributed by atoms with Crippen LogP contribution < -0.4 is 10.5 Å². The average molecular weight is 370 g/mol. The first-order valence-electron chi connectivity index (χ1n) is 6.83.